The third kappa shape index (κ3) is 4.89. The molecular weight excluding hydrogens is 439 g/mol. The van der Waals surface area contributed by atoms with E-state index in [0.717, 1.165) is 51.2 Å². The lowest BCUT2D eigenvalue weighted by atomic mass is 10.1. The number of hydrogen-bond donors (Lipinski definition) is 1. The Morgan fingerprint density at radius 2 is 2.04 bits per heavy atom. The van der Waals surface area contributed by atoms with Crippen molar-refractivity contribution in [2.75, 3.05) is 39.8 Å². The van der Waals surface area contributed by atoms with Gasteiger partial charge in [-0.25, -0.2) is 0 Å². The third-order valence-electron chi connectivity index (χ3n) is 5.69. The molecule has 5 nitrogen and oxygen atoms in total. The molecule has 6 heteroatoms. The molecule has 0 spiro atoms. The van der Waals surface area contributed by atoms with Crippen molar-refractivity contribution in [1.29, 1.82) is 0 Å². The fourth-order valence-electron chi connectivity index (χ4n) is 4.07. The molecule has 4 rings (SSSR count). The molecule has 0 aromatic heterocycles. The molecule has 1 aromatic carbocycles. The number of hydrogen-bond acceptors (Lipinski definition) is 3. The van der Waals surface area contributed by atoms with Crippen LogP contribution in [0.5, 0.6) is 0 Å². The highest BCUT2D eigenvalue weighted by molar-refractivity contribution is 14.0. The lowest BCUT2D eigenvalue weighted by Crippen LogP contribution is -2.50. The molecule has 0 amide bonds. The van der Waals surface area contributed by atoms with Gasteiger partial charge in [-0.15, -0.1) is 24.0 Å². The zero-order valence-corrected chi connectivity index (χ0v) is 18.0. The average molecular weight is 470 g/mol. The molecule has 2 aliphatic heterocycles. The molecule has 2 saturated heterocycles. The minimum absolute atomic E-state index is 0. The summed E-state index contributed by atoms with van der Waals surface area (Å²) >= 11 is 0. The maximum atomic E-state index is 6.08. The molecule has 1 aromatic rings. The molecule has 2 unspecified atom stereocenters. The first-order chi connectivity index (χ1) is 12.3. The Labute approximate surface area is 174 Å². The Hall–Kier alpha value is -0.860. The highest BCUT2D eigenvalue weighted by Crippen LogP contribution is 2.31. The lowest BCUT2D eigenvalue weighted by Gasteiger charge is -2.36. The summed E-state index contributed by atoms with van der Waals surface area (Å²) in [6.07, 6.45) is 4.39. The van der Waals surface area contributed by atoms with Crippen molar-refractivity contribution >= 4 is 29.9 Å². The topological polar surface area (TPSA) is 40.1 Å². The molecule has 0 bridgehead atoms. The van der Waals surface area contributed by atoms with Gasteiger partial charge >= 0.3 is 0 Å². The predicted octanol–water partition coefficient (Wildman–Crippen LogP) is 2.57. The fraction of sp³-hybridized carbons (Fsp3) is 0.650. The van der Waals surface area contributed by atoms with Crippen LogP contribution in [0.25, 0.3) is 0 Å². The molecule has 2 atom stereocenters. The van der Waals surface area contributed by atoms with E-state index in [-0.39, 0.29) is 24.0 Å². The number of fused-ring (bicyclic) bond motifs is 1. The van der Waals surface area contributed by atoms with E-state index < -0.39 is 0 Å². The van der Waals surface area contributed by atoms with Crippen LogP contribution in [0.1, 0.15) is 24.8 Å². The molecule has 144 valence electrons. The molecule has 3 fully saturated rings. The van der Waals surface area contributed by atoms with Gasteiger partial charge in [-0.1, -0.05) is 43.2 Å². The predicted molar refractivity (Wildman–Crippen MR) is 116 cm³/mol. The van der Waals surface area contributed by atoms with Crippen LogP contribution in [-0.4, -0.2) is 67.7 Å². The van der Waals surface area contributed by atoms with Crippen molar-refractivity contribution in [2.45, 2.75) is 38.0 Å². The zero-order valence-electron chi connectivity index (χ0n) is 15.6. The van der Waals surface area contributed by atoms with Crippen LogP contribution in [0.15, 0.2) is 35.3 Å². The molecule has 1 aliphatic carbocycles. The molecule has 2 heterocycles. The Kier molecular flexibility index (Phi) is 7.17. The Morgan fingerprint density at radius 3 is 2.77 bits per heavy atom. The van der Waals surface area contributed by atoms with Gasteiger partial charge in [0, 0.05) is 39.8 Å². The Bertz CT molecular complexity index is 593. The Balaban J connectivity index is 0.00000196. The SMILES string of the molecule is CN=C(NCCC1CC1)N1CC2OCCN(Cc3ccccc3)C2C1.I. The smallest absolute Gasteiger partial charge is 0.193 e. The van der Waals surface area contributed by atoms with E-state index in [0.29, 0.717) is 12.1 Å². The quantitative estimate of drug-likeness (QED) is 0.408. The summed E-state index contributed by atoms with van der Waals surface area (Å²) in [6.45, 7) is 5.83. The van der Waals surface area contributed by atoms with Gasteiger partial charge in [0.25, 0.3) is 0 Å². The zero-order chi connectivity index (χ0) is 17.1. The summed E-state index contributed by atoms with van der Waals surface area (Å²) in [5.41, 5.74) is 1.38. The number of morpholine rings is 1. The van der Waals surface area contributed by atoms with Gasteiger partial charge in [0.15, 0.2) is 5.96 Å². The normalized spacial score (nSPS) is 26.3. The van der Waals surface area contributed by atoms with E-state index in [1.165, 1.54) is 24.8 Å². The molecule has 26 heavy (non-hydrogen) atoms. The second-order valence-electron chi connectivity index (χ2n) is 7.54. The van der Waals surface area contributed by atoms with Crippen LogP contribution in [0.3, 0.4) is 0 Å². The van der Waals surface area contributed by atoms with Crippen LogP contribution < -0.4 is 5.32 Å². The maximum Gasteiger partial charge on any atom is 0.193 e. The van der Waals surface area contributed by atoms with Crippen LogP contribution >= 0.6 is 24.0 Å². The highest BCUT2D eigenvalue weighted by atomic mass is 127. The van der Waals surface area contributed by atoms with E-state index in [2.05, 4.69) is 50.4 Å². The largest absolute Gasteiger partial charge is 0.373 e. The van der Waals surface area contributed by atoms with E-state index in [1.807, 2.05) is 7.05 Å². The highest BCUT2D eigenvalue weighted by Gasteiger charge is 2.41. The van der Waals surface area contributed by atoms with E-state index >= 15 is 0 Å². The van der Waals surface area contributed by atoms with Crippen molar-refractivity contribution in [1.82, 2.24) is 15.1 Å². The average Bonchev–Trinajstić information content (AvgIpc) is 3.36. The van der Waals surface area contributed by atoms with Crippen molar-refractivity contribution in [3.8, 4) is 0 Å². The fourth-order valence-corrected chi connectivity index (χ4v) is 4.07. The van der Waals surface area contributed by atoms with Crippen molar-refractivity contribution in [2.24, 2.45) is 10.9 Å². The standard InChI is InChI=1S/C20H30N4O.HI/c1-21-20(22-10-9-16-7-8-16)24-14-18-19(15-24)25-12-11-23(18)13-17-5-3-2-4-6-17;/h2-6,16,18-19H,7-15H2,1H3,(H,21,22);1H. The number of nitrogens with zero attached hydrogens (tertiary/aromatic N) is 3. The van der Waals surface area contributed by atoms with Crippen LogP contribution in [0.2, 0.25) is 0 Å². The lowest BCUT2D eigenvalue weighted by molar-refractivity contribution is -0.0502. The number of likely N-dealkylation sites (tertiary alicyclic amines) is 1. The summed E-state index contributed by atoms with van der Waals surface area (Å²) in [4.78, 5) is 9.48. The minimum atomic E-state index is 0. The number of ether oxygens (including phenoxy) is 1. The van der Waals surface area contributed by atoms with Crippen molar-refractivity contribution < 1.29 is 4.74 Å². The van der Waals surface area contributed by atoms with E-state index in [1.54, 1.807) is 0 Å². The molecule has 3 aliphatic rings. The van der Waals surface area contributed by atoms with Gasteiger partial charge in [0.05, 0.1) is 18.8 Å². The second-order valence-corrected chi connectivity index (χ2v) is 7.54. The van der Waals surface area contributed by atoms with Gasteiger partial charge in [-0.05, 0) is 17.9 Å². The van der Waals surface area contributed by atoms with Gasteiger partial charge in [-0.2, -0.15) is 0 Å². The van der Waals surface area contributed by atoms with Gasteiger partial charge < -0.3 is 15.0 Å². The van der Waals surface area contributed by atoms with Crippen molar-refractivity contribution in [3.63, 3.8) is 0 Å². The first-order valence-electron chi connectivity index (χ1n) is 9.68. The van der Waals surface area contributed by atoms with E-state index in [4.69, 9.17) is 4.74 Å². The molecule has 0 radical (unpaired) electrons. The summed E-state index contributed by atoms with van der Waals surface area (Å²) in [5, 5.41) is 3.56. The van der Waals surface area contributed by atoms with Gasteiger partial charge in [0.1, 0.15) is 0 Å². The summed E-state index contributed by atoms with van der Waals surface area (Å²) in [7, 11) is 1.89. The van der Waals surface area contributed by atoms with Gasteiger partial charge in [0.2, 0.25) is 0 Å². The van der Waals surface area contributed by atoms with Crippen molar-refractivity contribution in [3.05, 3.63) is 35.9 Å². The van der Waals surface area contributed by atoms with Crippen LogP contribution in [-0.2, 0) is 11.3 Å². The maximum absolute atomic E-state index is 6.08. The number of benzene rings is 1. The first-order valence-corrected chi connectivity index (χ1v) is 9.68. The van der Waals surface area contributed by atoms with Crippen LogP contribution in [0.4, 0.5) is 0 Å². The number of nitrogens with one attached hydrogen (secondary N) is 1. The number of rotatable bonds is 5. The summed E-state index contributed by atoms with van der Waals surface area (Å²) in [5.74, 6) is 2.00. The summed E-state index contributed by atoms with van der Waals surface area (Å²) in [6, 6.07) is 11.2. The molecule has 1 N–H and O–H groups in total. The Morgan fingerprint density at radius 1 is 1.23 bits per heavy atom. The molecular formula is C20H31IN4O. The monoisotopic (exact) mass is 470 g/mol. The number of aliphatic imine (C=N–C) groups is 1. The minimum Gasteiger partial charge on any atom is -0.373 e. The number of halogens is 1. The molecule has 1 saturated carbocycles. The first kappa shape index (κ1) is 19.9. The van der Waals surface area contributed by atoms with Crippen LogP contribution in [0, 0.1) is 5.92 Å². The third-order valence-corrected chi connectivity index (χ3v) is 5.69. The second kappa shape index (κ2) is 9.37. The summed E-state index contributed by atoms with van der Waals surface area (Å²) < 4.78 is 6.08. The van der Waals surface area contributed by atoms with E-state index in [9.17, 15) is 0 Å². The number of guanidine groups is 1. The van der Waals surface area contributed by atoms with Gasteiger partial charge in [-0.3, -0.25) is 9.89 Å².